The number of benzene rings is 3. The van der Waals surface area contributed by atoms with Crippen LogP contribution in [0.15, 0.2) is 72.8 Å². The highest BCUT2D eigenvalue weighted by molar-refractivity contribution is 6.05. The Bertz CT molecular complexity index is 1200. The number of carbonyl (C=O) groups excluding carboxylic acids is 1. The van der Waals surface area contributed by atoms with Gasteiger partial charge in [0.2, 0.25) is 0 Å². The summed E-state index contributed by atoms with van der Waals surface area (Å²) in [5, 5.41) is 2.99. The molecule has 0 unspecified atom stereocenters. The normalized spacial score (nSPS) is 13.5. The summed E-state index contributed by atoms with van der Waals surface area (Å²) in [7, 11) is 0. The molecule has 0 aliphatic carbocycles. The first-order valence-electron chi connectivity index (χ1n) is 10.4. The van der Waals surface area contributed by atoms with Gasteiger partial charge in [0.1, 0.15) is 17.3 Å². The van der Waals surface area contributed by atoms with Crippen LogP contribution in [-0.2, 0) is 13.0 Å². The summed E-state index contributed by atoms with van der Waals surface area (Å²) in [6.07, 6.45) is 4.66. The Labute approximate surface area is 175 Å². The van der Waals surface area contributed by atoms with Crippen molar-refractivity contribution in [2.24, 2.45) is 0 Å². The number of hydrogen-bond donors (Lipinski definition) is 1. The Hall–Kier alpha value is -3.60. The molecule has 0 spiro atoms. The highest BCUT2D eigenvalue weighted by atomic mass is 16.5. The van der Waals surface area contributed by atoms with E-state index in [1.54, 1.807) is 12.1 Å². The zero-order valence-electron chi connectivity index (χ0n) is 16.7. The largest absolute Gasteiger partial charge is 0.457 e. The topological polar surface area (TPSA) is 56.2 Å². The van der Waals surface area contributed by atoms with Crippen LogP contribution in [0.25, 0.3) is 11.0 Å². The van der Waals surface area contributed by atoms with Crippen LogP contribution in [0.5, 0.6) is 11.5 Å². The van der Waals surface area contributed by atoms with E-state index in [0.29, 0.717) is 11.3 Å². The molecule has 5 heteroatoms. The van der Waals surface area contributed by atoms with E-state index in [-0.39, 0.29) is 5.91 Å². The van der Waals surface area contributed by atoms with Crippen molar-refractivity contribution in [1.29, 1.82) is 0 Å². The lowest BCUT2D eigenvalue weighted by Crippen LogP contribution is -2.11. The van der Waals surface area contributed by atoms with Gasteiger partial charge in [0.25, 0.3) is 5.91 Å². The Morgan fingerprint density at radius 2 is 1.77 bits per heavy atom. The van der Waals surface area contributed by atoms with Crippen LogP contribution in [0, 0.1) is 0 Å². The fourth-order valence-corrected chi connectivity index (χ4v) is 3.96. The zero-order valence-corrected chi connectivity index (χ0v) is 16.7. The average Bonchev–Trinajstić information content (AvgIpc) is 2.94. The van der Waals surface area contributed by atoms with Crippen molar-refractivity contribution in [2.45, 2.75) is 32.2 Å². The summed E-state index contributed by atoms with van der Waals surface area (Å²) in [6.45, 7) is 1.02. The van der Waals surface area contributed by atoms with Gasteiger partial charge >= 0.3 is 0 Å². The molecule has 1 amide bonds. The van der Waals surface area contributed by atoms with Crippen molar-refractivity contribution in [3.8, 4) is 11.5 Å². The third-order valence-electron chi connectivity index (χ3n) is 5.44. The quantitative estimate of drug-likeness (QED) is 0.473. The minimum atomic E-state index is -0.173. The van der Waals surface area contributed by atoms with Gasteiger partial charge in [-0.25, -0.2) is 4.98 Å². The Kier molecular flexibility index (Phi) is 4.93. The van der Waals surface area contributed by atoms with Crippen molar-refractivity contribution >= 4 is 22.6 Å². The van der Waals surface area contributed by atoms with Gasteiger partial charge in [0.05, 0.1) is 11.0 Å². The number of imidazole rings is 1. The molecular weight excluding hydrogens is 374 g/mol. The number of hydrogen-bond acceptors (Lipinski definition) is 3. The maximum absolute atomic E-state index is 12.8. The first-order valence-corrected chi connectivity index (χ1v) is 10.4. The number of ether oxygens (including phenoxy) is 1. The molecule has 1 aliphatic heterocycles. The Morgan fingerprint density at radius 1 is 0.900 bits per heavy atom. The van der Waals surface area contributed by atoms with Gasteiger partial charge in [-0.2, -0.15) is 0 Å². The third kappa shape index (κ3) is 3.79. The smallest absolute Gasteiger partial charge is 0.255 e. The second-order valence-electron chi connectivity index (χ2n) is 7.59. The van der Waals surface area contributed by atoms with E-state index in [9.17, 15) is 4.79 Å². The van der Waals surface area contributed by atoms with Gasteiger partial charge in [-0.05, 0) is 61.4 Å². The lowest BCUT2D eigenvalue weighted by atomic mass is 10.2. The van der Waals surface area contributed by atoms with E-state index >= 15 is 0 Å². The molecule has 0 atom stereocenters. The summed E-state index contributed by atoms with van der Waals surface area (Å²) in [4.78, 5) is 17.6. The molecule has 3 aromatic carbocycles. The number of para-hydroxylation sites is 1. The highest BCUT2D eigenvalue weighted by Crippen LogP contribution is 2.26. The van der Waals surface area contributed by atoms with Crippen molar-refractivity contribution in [2.75, 3.05) is 5.32 Å². The van der Waals surface area contributed by atoms with Gasteiger partial charge in [-0.3, -0.25) is 4.79 Å². The lowest BCUT2D eigenvalue weighted by molar-refractivity contribution is 0.102. The predicted molar refractivity (Wildman–Crippen MR) is 118 cm³/mol. The van der Waals surface area contributed by atoms with E-state index in [1.165, 1.54) is 19.3 Å². The molecule has 5 nitrogen and oxygen atoms in total. The molecule has 2 heterocycles. The average molecular weight is 397 g/mol. The predicted octanol–water partition coefficient (Wildman–Crippen LogP) is 5.81. The molecule has 5 rings (SSSR count). The number of aromatic nitrogens is 2. The van der Waals surface area contributed by atoms with Crippen LogP contribution >= 0.6 is 0 Å². The SMILES string of the molecule is O=C(Nc1ccc2c(c1)nc1n2CCCCC1)c1cccc(Oc2ccccc2)c1. The molecule has 1 N–H and O–H groups in total. The van der Waals surface area contributed by atoms with Gasteiger partial charge < -0.3 is 14.6 Å². The fraction of sp³-hybridized carbons (Fsp3) is 0.200. The number of rotatable bonds is 4. The second-order valence-corrected chi connectivity index (χ2v) is 7.59. The first kappa shape index (κ1) is 18.4. The maximum Gasteiger partial charge on any atom is 0.255 e. The van der Waals surface area contributed by atoms with Crippen LogP contribution < -0.4 is 10.1 Å². The number of nitrogens with zero attached hydrogens (tertiary/aromatic N) is 2. The van der Waals surface area contributed by atoms with Gasteiger partial charge in [0.15, 0.2) is 0 Å². The van der Waals surface area contributed by atoms with E-state index in [0.717, 1.165) is 41.3 Å². The summed E-state index contributed by atoms with van der Waals surface area (Å²) in [6, 6.07) is 22.7. The minimum Gasteiger partial charge on any atom is -0.457 e. The second kappa shape index (κ2) is 8.03. The molecule has 150 valence electrons. The minimum absolute atomic E-state index is 0.173. The van der Waals surface area contributed by atoms with Gasteiger partial charge in [-0.15, -0.1) is 0 Å². The molecule has 4 aromatic rings. The molecule has 30 heavy (non-hydrogen) atoms. The van der Waals surface area contributed by atoms with E-state index in [1.807, 2.05) is 54.6 Å². The summed E-state index contributed by atoms with van der Waals surface area (Å²) in [5.41, 5.74) is 3.37. The van der Waals surface area contributed by atoms with Crippen LogP contribution in [0.1, 0.15) is 35.4 Å². The van der Waals surface area contributed by atoms with Crippen molar-refractivity contribution in [3.63, 3.8) is 0 Å². The summed E-state index contributed by atoms with van der Waals surface area (Å²) < 4.78 is 8.16. The van der Waals surface area contributed by atoms with Gasteiger partial charge in [0, 0.05) is 24.2 Å². The number of nitrogens with one attached hydrogen (secondary N) is 1. The summed E-state index contributed by atoms with van der Waals surface area (Å²) >= 11 is 0. The Balaban J connectivity index is 1.35. The lowest BCUT2D eigenvalue weighted by Gasteiger charge is -2.09. The van der Waals surface area contributed by atoms with Gasteiger partial charge in [-0.1, -0.05) is 30.7 Å². The number of anilines is 1. The molecular formula is C25H23N3O2. The van der Waals surface area contributed by atoms with Crippen molar-refractivity contribution < 1.29 is 9.53 Å². The van der Waals surface area contributed by atoms with E-state index in [4.69, 9.17) is 9.72 Å². The van der Waals surface area contributed by atoms with Crippen LogP contribution in [-0.4, -0.2) is 15.5 Å². The molecule has 0 radical (unpaired) electrons. The van der Waals surface area contributed by atoms with Crippen molar-refractivity contribution in [3.05, 3.63) is 84.2 Å². The molecule has 1 aliphatic rings. The van der Waals surface area contributed by atoms with Crippen molar-refractivity contribution in [1.82, 2.24) is 9.55 Å². The van der Waals surface area contributed by atoms with Crippen LogP contribution in [0.2, 0.25) is 0 Å². The molecule has 0 bridgehead atoms. The number of aryl methyl sites for hydroxylation is 2. The number of fused-ring (bicyclic) bond motifs is 3. The molecule has 1 aromatic heterocycles. The van der Waals surface area contributed by atoms with Crippen LogP contribution in [0.3, 0.4) is 0 Å². The molecule has 0 saturated heterocycles. The van der Waals surface area contributed by atoms with E-state index < -0.39 is 0 Å². The standard InChI is InChI=1S/C25H23N3O2/c29-25(18-8-7-11-21(16-18)30-20-9-3-1-4-10-20)26-19-13-14-23-22(17-19)27-24-12-5-2-6-15-28(23)24/h1,3-4,7-11,13-14,16-17H,2,5-6,12,15H2,(H,26,29). The fourth-order valence-electron chi connectivity index (χ4n) is 3.96. The first-order chi connectivity index (χ1) is 14.8. The maximum atomic E-state index is 12.8. The molecule has 0 fully saturated rings. The Morgan fingerprint density at radius 3 is 2.67 bits per heavy atom. The zero-order chi connectivity index (χ0) is 20.3. The molecule has 0 saturated carbocycles. The van der Waals surface area contributed by atoms with Crippen LogP contribution in [0.4, 0.5) is 5.69 Å². The highest BCUT2D eigenvalue weighted by Gasteiger charge is 2.14. The number of carbonyl (C=O) groups is 1. The monoisotopic (exact) mass is 397 g/mol. The third-order valence-corrected chi connectivity index (χ3v) is 5.44. The summed E-state index contributed by atoms with van der Waals surface area (Å²) in [5.74, 6) is 2.34. The van der Waals surface area contributed by atoms with E-state index in [2.05, 4.69) is 16.0 Å². The number of amides is 1.